The summed E-state index contributed by atoms with van der Waals surface area (Å²) in [6, 6.07) is 15.1. The molecule has 0 fully saturated rings. The van der Waals surface area contributed by atoms with E-state index in [4.69, 9.17) is 0 Å². The second-order valence-electron chi connectivity index (χ2n) is 8.63. The molecule has 2 rings (SSSR count). The number of amides is 2. The SMILES string of the molecule is CC(C)(C)NC(=O)c1cccc(SSc2cccc(C(=O)NC(C)(C)C)c2)c1. The Balaban J connectivity index is 2.05. The molecule has 0 radical (unpaired) electrons. The van der Waals surface area contributed by atoms with Gasteiger partial charge in [0.05, 0.1) is 0 Å². The third kappa shape index (κ3) is 7.60. The number of hydrogen-bond acceptors (Lipinski definition) is 4. The molecule has 150 valence electrons. The molecule has 0 bridgehead atoms. The third-order valence-corrected chi connectivity index (χ3v) is 5.78. The lowest BCUT2D eigenvalue weighted by Crippen LogP contribution is -2.40. The molecule has 2 aromatic carbocycles. The van der Waals surface area contributed by atoms with Crippen molar-refractivity contribution in [1.29, 1.82) is 0 Å². The molecule has 0 saturated carbocycles. The van der Waals surface area contributed by atoms with Crippen molar-refractivity contribution in [2.45, 2.75) is 62.4 Å². The Bertz CT molecular complexity index is 781. The van der Waals surface area contributed by atoms with Gasteiger partial charge in [-0.15, -0.1) is 0 Å². The Labute approximate surface area is 175 Å². The van der Waals surface area contributed by atoms with Crippen molar-refractivity contribution in [3.05, 3.63) is 59.7 Å². The molecule has 2 N–H and O–H groups in total. The molecule has 6 heteroatoms. The summed E-state index contributed by atoms with van der Waals surface area (Å²) >= 11 is 0. The second kappa shape index (κ2) is 9.05. The minimum absolute atomic E-state index is 0.0826. The van der Waals surface area contributed by atoms with E-state index >= 15 is 0 Å². The maximum absolute atomic E-state index is 12.3. The van der Waals surface area contributed by atoms with Crippen molar-refractivity contribution >= 4 is 33.4 Å². The highest BCUT2D eigenvalue weighted by Gasteiger charge is 2.17. The van der Waals surface area contributed by atoms with E-state index in [1.165, 1.54) is 0 Å². The largest absolute Gasteiger partial charge is 0.347 e. The van der Waals surface area contributed by atoms with Gasteiger partial charge in [-0.1, -0.05) is 33.7 Å². The van der Waals surface area contributed by atoms with Crippen LogP contribution in [0.5, 0.6) is 0 Å². The van der Waals surface area contributed by atoms with Gasteiger partial charge in [0.1, 0.15) is 0 Å². The number of rotatable bonds is 5. The van der Waals surface area contributed by atoms with E-state index in [0.29, 0.717) is 11.1 Å². The number of hydrogen-bond donors (Lipinski definition) is 2. The molecule has 0 unspecified atom stereocenters. The monoisotopic (exact) mass is 416 g/mol. The summed E-state index contributed by atoms with van der Waals surface area (Å²) in [6.45, 7) is 11.8. The van der Waals surface area contributed by atoms with Crippen molar-refractivity contribution in [1.82, 2.24) is 10.6 Å². The molecule has 0 saturated heterocycles. The van der Waals surface area contributed by atoms with Gasteiger partial charge in [-0.2, -0.15) is 0 Å². The van der Waals surface area contributed by atoms with Crippen molar-refractivity contribution in [2.75, 3.05) is 0 Å². The molecule has 2 amide bonds. The fraction of sp³-hybridized carbons (Fsp3) is 0.364. The summed E-state index contributed by atoms with van der Waals surface area (Å²) in [4.78, 5) is 26.7. The van der Waals surface area contributed by atoms with Crippen molar-refractivity contribution in [3.8, 4) is 0 Å². The molecule has 0 atom stereocenters. The first-order valence-electron chi connectivity index (χ1n) is 9.13. The Morgan fingerprint density at radius 2 is 1.04 bits per heavy atom. The topological polar surface area (TPSA) is 58.2 Å². The second-order valence-corrected chi connectivity index (χ2v) is 10.9. The molecule has 0 aliphatic carbocycles. The van der Waals surface area contributed by atoms with E-state index in [-0.39, 0.29) is 22.9 Å². The van der Waals surface area contributed by atoms with Crippen LogP contribution in [0.25, 0.3) is 0 Å². The zero-order chi connectivity index (χ0) is 20.9. The molecule has 0 aliphatic heterocycles. The fourth-order valence-electron chi connectivity index (χ4n) is 2.30. The standard InChI is InChI=1S/C22H28N2O2S2/c1-21(2,3)23-19(25)15-9-7-11-17(13-15)27-28-18-12-8-10-16(14-18)20(26)24-22(4,5)6/h7-14H,1-6H3,(H,23,25)(H,24,26). The van der Waals surface area contributed by atoms with Gasteiger partial charge in [0.2, 0.25) is 0 Å². The number of nitrogens with one attached hydrogen (secondary N) is 2. The highest BCUT2D eigenvalue weighted by atomic mass is 33.1. The van der Waals surface area contributed by atoms with Crippen molar-refractivity contribution in [2.24, 2.45) is 0 Å². The quantitative estimate of drug-likeness (QED) is 0.628. The van der Waals surface area contributed by atoms with Crippen LogP contribution < -0.4 is 10.6 Å². The lowest BCUT2D eigenvalue weighted by atomic mass is 10.1. The predicted molar refractivity (Wildman–Crippen MR) is 119 cm³/mol. The molecule has 2 aromatic rings. The van der Waals surface area contributed by atoms with Gasteiger partial charge in [0.25, 0.3) is 11.8 Å². The van der Waals surface area contributed by atoms with Gasteiger partial charge in [-0.3, -0.25) is 9.59 Å². The van der Waals surface area contributed by atoms with Gasteiger partial charge in [0, 0.05) is 32.0 Å². The van der Waals surface area contributed by atoms with Gasteiger partial charge >= 0.3 is 0 Å². The summed E-state index contributed by atoms with van der Waals surface area (Å²) < 4.78 is 0. The lowest BCUT2D eigenvalue weighted by Gasteiger charge is -2.20. The summed E-state index contributed by atoms with van der Waals surface area (Å²) in [6.07, 6.45) is 0. The van der Waals surface area contributed by atoms with Gasteiger partial charge in [-0.25, -0.2) is 0 Å². The predicted octanol–water partition coefficient (Wildman–Crippen LogP) is 5.54. The summed E-state index contributed by atoms with van der Waals surface area (Å²) in [5, 5.41) is 5.95. The molecule has 0 aliphatic rings. The van der Waals surface area contributed by atoms with Gasteiger partial charge in [-0.05, 0) is 77.9 Å². The first kappa shape index (κ1) is 22.4. The molecule has 0 aromatic heterocycles. The van der Waals surface area contributed by atoms with Crippen LogP contribution in [-0.2, 0) is 0 Å². The summed E-state index contributed by atoms with van der Waals surface area (Å²) in [5.41, 5.74) is 0.726. The fourth-order valence-corrected chi connectivity index (χ4v) is 4.31. The Hall–Kier alpha value is -1.92. The maximum atomic E-state index is 12.3. The van der Waals surface area contributed by atoms with E-state index < -0.39 is 0 Å². The van der Waals surface area contributed by atoms with Crippen LogP contribution in [-0.4, -0.2) is 22.9 Å². The van der Waals surface area contributed by atoms with Crippen LogP contribution in [0, 0.1) is 0 Å². The number of benzene rings is 2. The van der Waals surface area contributed by atoms with Crippen LogP contribution in [0.2, 0.25) is 0 Å². The smallest absolute Gasteiger partial charge is 0.251 e. The normalized spacial score (nSPS) is 11.8. The Kier molecular flexibility index (Phi) is 7.23. The first-order valence-corrected chi connectivity index (χ1v) is 11.3. The summed E-state index contributed by atoms with van der Waals surface area (Å²) in [5.74, 6) is -0.165. The van der Waals surface area contributed by atoms with Crippen LogP contribution in [0.15, 0.2) is 58.3 Å². The van der Waals surface area contributed by atoms with Crippen molar-refractivity contribution < 1.29 is 9.59 Å². The Morgan fingerprint density at radius 1 is 0.679 bits per heavy atom. The highest BCUT2D eigenvalue weighted by Crippen LogP contribution is 2.37. The average Bonchev–Trinajstić information content (AvgIpc) is 2.57. The van der Waals surface area contributed by atoms with Crippen molar-refractivity contribution in [3.63, 3.8) is 0 Å². The molecular weight excluding hydrogens is 388 g/mol. The average molecular weight is 417 g/mol. The molecule has 0 heterocycles. The van der Waals surface area contributed by atoms with Crippen LogP contribution in [0.3, 0.4) is 0 Å². The molecule has 28 heavy (non-hydrogen) atoms. The van der Waals surface area contributed by atoms with E-state index in [1.54, 1.807) is 21.6 Å². The maximum Gasteiger partial charge on any atom is 0.251 e. The Morgan fingerprint density at radius 3 is 1.36 bits per heavy atom. The third-order valence-electron chi connectivity index (χ3n) is 3.40. The zero-order valence-corrected chi connectivity index (χ0v) is 18.9. The van der Waals surface area contributed by atoms with Gasteiger partial charge in [0.15, 0.2) is 0 Å². The molecular formula is C22H28N2O2S2. The van der Waals surface area contributed by atoms with Crippen LogP contribution in [0.4, 0.5) is 0 Å². The summed E-state index contributed by atoms with van der Waals surface area (Å²) in [7, 11) is 3.12. The zero-order valence-electron chi connectivity index (χ0n) is 17.3. The van der Waals surface area contributed by atoms with Crippen LogP contribution >= 0.6 is 21.6 Å². The number of carbonyl (C=O) groups is 2. The molecule has 0 spiro atoms. The first-order chi connectivity index (χ1) is 12.9. The number of carbonyl (C=O) groups excluding carboxylic acids is 2. The van der Waals surface area contributed by atoms with E-state index in [2.05, 4.69) is 10.6 Å². The van der Waals surface area contributed by atoms with E-state index in [1.807, 2.05) is 90.1 Å². The molecule has 4 nitrogen and oxygen atoms in total. The van der Waals surface area contributed by atoms with E-state index in [0.717, 1.165) is 9.79 Å². The van der Waals surface area contributed by atoms with E-state index in [9.17, 15) is 9.59 Å². The highest BCUT2D eigenvalue weighted by molar-refractivity contribution is 8.76. The van der Waals surface area contributed by atoms with Crippen LogP contribution in [0.1, 0.15) is 62.3 Å². The van der Waals surface area contributed by atoms with Gasteiger partial charge < -0.3 is 10.6 Å². The minimum Gasteiger partial charge on any atom is -0.347 e. The minimum atomic E-state index is -0.275. The lowest BCUT2D eigenvalue weighted by molar-refractivity contribution is 0.0910.